The molecular formula is C16H16N4O4. The average Bonchev–Trinajstić information content (AvgIpc) is 3.00. The highest BCUT2D eigenvalue weighted by Crippen LogP contribution is 2.29. The van der Waals surface area contributed by atoms with Crippen molar-refractivity contribution in [1.29, 1.82) is 0 Å². The smallest absolute Gasteiger partial charge is 0.337 e. The minimum absolute atomic E-state index is 0.170. The summed E-state index contributed by atoms with van der Waals surface area (Å²) in [4.78, 5) is 30.5. The third-order valence-electron chi connectivity index (χ3n) is 3.58. The van der Waals surface area contributed by atoms with E-state index in [0.29, 0.717) is 23.3 Å². The van der Waals surface area contributed by atoms with E-state index in [1.807, 2.05) is 6.92 Å². The lowest BCUT2D eigenvalue weighted by atomic mass is 10.1. The highest BCUT2D eigenvalue weighted by Gasteiger charge is 2.25. The summed E-state index contributed by atoms with van der Waals surface area (Å²) in [6.07, 6.45) is 1.86. The van der Waals surface area contributed by atoms with Crippen LogP contribution in [0.1, 0.15) is 35.3 Å². The Kier molecular flexibility index (Phi) is 4.28. The van der Waals surface area contributed by atoms with Crippen LogP contribution in [-0.4, -0.2) is 28.8 Å². The van der Waals surface area contributed by atoms with Crippen LogP contribution in [0.25, 0.3) is 0 Å². The van der Waals surface area contributed by atoms with Gasteiger partial charge in [-0.2, -0.15) is 5.10 Å². The molecule has 0 saturated carbocycles. The van der Waals surface area contributed by atoms with E-state index in [-0.39, 0.29) is 17.5 Å². The molecule has 8 heteroatoms. The van der Waals surface area contributed by atoms with E-state index < -0.39 is 5.97 Å². The molecule has 3 rings (SSSR count). The van der Waals surface area contributed by atoms with Gasteiger partial charge in [0.25, 0.3) is 5.56 Å². The molecule has 1 aromatic heterocycles. The molecular weight excluding hydrogens is 312 g/mol. The molecule has 0 radical (unpaired) electrons. The number of aromatic nitrogens is 2. The number of nitrogens with one attached hydrogen (secondary N) is 2. The Bertz CT molecular complexity index is 859. The van der Waals surface area contributed by atoms with Gasteiger partial charge >= 0.3 is 5.97 Å². The lowest BCUT2D eigenvalue weighted by Crippen LogP contribution is -2.23. The first kappa shape index (κ1) is 15.7. The van der Waals surface area contributed by atoms with Crippen LogP contribution in [0.5, 0.6) is 11.6 Å². The molecule has 0 bridgehead atoms. The van der Waals surface area contributed by atoms with Gasteiger partial charge in [-0.1, -0.05) is 6.07 Å². The third-order valence-corrected chi connectivity index (χ3v) is 3.58. The summed E-state index contributed by atoms with van der Waals surface area (Å²) in [5.74, 6) is 0.0806. The summed E-state index contributed by atoms with van der Waals surface area (Å²) in [5.41, 5.74) is 4.20. The van der Waals surface area contributed by atoms with Gasteiger partial charge in [0.1, 0.15) is 11.3 Å². The zero-order chi connectivity index (χ0) is 17.1. The fourth-order valence-corrected chi connectivity index (χ4v) is 2.44. The zero-order valence-corrected chi connectivity index (χ0v) is 13.2. The zero-order valence-electron chi connectivity index (χ0n) is 13.2. The minimum atomic E-state index is -0.471. The number of rotatable bonds is 4. The second-order valence-corrected chi connectivity index (χ2v) is 5.30. The van der Waals surface area contributed by atoms with Gasteiger partial charge in [0, 0.05) is 12.1 Å². The number of carbonyl (C=O) groups excluding carboxylic acids is 1. The maximum atomic E-state index is 12.2. The van der Waals surface area contributed by atoms with Gasteiger partial charge in [0.15, 0.2) is 0 Å². The van der Waals surface area contributed by atoms with E-state index in [0.717, 1.165) is 5.71 Å². The molecule has 1 aliphatic rings. The van der Waals surface area contributed by atoms with Gasteiger partial charge in [-0.25, -0.2) is 9.78 Å². The van der Waals surface area contributed by atoms with Gasteiger partial charge in [-0.15, -0.1) is 0 Å². The number of H-pyrrole nitrogens is 1. The molecule has 0 saturated heterocycles. The van der Waals surface area contributed by atoms with Crippen LogP contribution < -0.4 is 15.7 Å². The molecule has 2 heterocycles. The summed E-state index contributed by atoms with van der Waals surface area (Å²) in [6.45, 7) is 1.87. The topological polar surface area (TPSA) is 106 Å². The Balaban J connectivity index is 1.92. The SMILES string of the molecule is COC(=O)c1cccc(Oc2nc[nH]c(=O)c2[C@H]2CC(C)=NN2)c1. The molecule has 2 N–H and O–H groups in total. The second-order valence-electron chi connectivity index (χ2n) is 5.30. The van der Waals surface area contributed by atoms with Crippen molar-refractivity contribution in [3.8, 4) is 11.6 Å². The normalized spacial score (nSPS) is 16.2. The molecule has 1 atom stereocenters. The first-order valence-corrected chi connectivity index (χ1v) is 7.31. The lowest BCUT2D eigenvalue weighted by molar-refractivity contribution is 0.0600. The summed E-state index contributed by atoms with van der Waals surface area (Å²) in [6, 6.07) is 6.17. The maximum absolute atomic E-state index is 12.2. The van der Waals surface area contributed by atoms with Crippen LogP contribution in [-0.2, 0) is 4.74 Å². The summed E-state index contributed by atoms with van der Waals surface area (Å²) in [7, 11) is 1.31. The molecule has 8 nitrogen and oxygen atoms in total. The highest BCUT2D eigenvalue weighted by molar-refractivity contribution is 5.89. The van der Waals surface area contributed by atoms with E-state index in [9.17, 15) is 9.59 Å². The van der Waals surface area contributed by atoms with Crippen molar-refractivity contribution < 1.29 is 14.3 Å². The van der Waals surface area contributed by atoms with Crippen LogP contribution in [0, 0.1) is 0 Å². The molecule has 0 spiro atoms. The third kappa shape index (κ3) is 3.12. The predicted octanol–water partition coefficient (Wildman–Crippen LogP) is 1.76. The molecule has 0 aliphatic carbocycles. The second kappa shape index (κ2) is 6.53. The van der Waals surface area contributed by atoms with Gasteiger partial charge in [-0.3, -0.25) is 4.79 Å². The summed E-state index contributed by atoms with van der Waals surface area (Å²) in [5, 5.41) is 4.10. The number of benzene rings is 1. The molecule has 124 valence electrons. The Morgan fingerprint density at radius 2 is 2.21 bits per heavy atom. The molecule has 1 aromatic carbocycles. The molecule has 2 aromatic rings. The van der Waals surface area contributed by atoms with E-state index in [4.69, 9.17) is 4.74 Å². The summed E-state index contributed by atoms with van der Waals surface area (Å²) >= 11 is 0. The van der Waals surface area contributed by atoms with E-state index in [1.165, 1.54) is 19.5 Å². The van der Waals surface area contributed by atoms with Crippen LogP contribution in [0.15, 0.2) is 40.5 Å². The Labute approximate surface area is 137 Å². The maximum Gasteiger partial charge on any atom is 0.337 e. The Morgan fingerprint density at radius 1 is 1.38 bits per heavy atom. The number of aromatic amines is 1. The van der Waals surface area contributed by atoms with Crippen molar-refractivity contribution in [2.24, 2.45) is 5.10 Å². The van der Waals surface area contributed by atoms with Gasteiger partial charge in [0.2, 0.25) is 5.88 Å². The molecule has 0 amide bonds. The number of ether oxygens (including phenoxy) is 2. The number of hydrogen-bond acceptors (Lipinski definition) is 7. The highest BCUT2D eigenvalue weighted by atomic mass is 16.5. The van der Waals surface area contributed by atoms with Crippen LogP contribution >= 0.6 is 0 Å². The first-order chi connectivity index (χ1) is 11.6. The number of carbonyl (C=O) groups is 1. The van der Waals surface area contributed by atoms with E-state index in [2.05, 4.69) is 25.2 Å². The standard InChI is InChI=1S/C16H16N4O4/c1-9-6-12(20-19-9)13-14(21)17-8-18-15(13)24-11-5-3-4-10(7-11)16(22)23-2/h3-5,7-8,12,20H,6H2,1-2H3,(H,17,18,21)/t12-/m1/s1. The molecule has 0 fully saturated rings. The van der Waals surface area contributed by atoms with Crippen LogP contribution in [0.3, 0.4) is 0 Å². The average molecular weight is 328 g/mol. The largest absolute Gasteiger partial charge is 0.465 e. The molecule has 0 unspecified atom stereocenters. The number of hydrogen-bond donors (Lipinski definition) is 2. The number of methoxy groups -OCH3 is 1. The Hall–Kier alpha value is -3.16. The van der Waals surface area contributed by atoms with Crippen molar-refractivity contribution in [2.75, 3.05) is 7.11 Å². The lowest BCUT2D eigenvalue weighted by Gasteiger charge is -2.14. The van der Waals surface area contributed by atoms with Crippen molar-refractivity contribution in [1.82, 2.24) is 15.4 Å². The van der Waals surface area contributed by atoms with Crippen molar-refractivity contribution >= 4 is 11.7 Å². The van der Waals surface area contributed by atoms with Crippen molar-refractivity contribution in [3.05, 3.63) is 52.1 Å². The number of esters is 1. The molecule has 1 aliphatic heterocycles. The Morgan fingerprint density at radius 3 is 2.92 bits per heavy atom. The van der Waals surface area contributed by atoms with Crippen LogP contribution in [0.4, 0.5) is 0 Å². The van der Waals surface area contributed by atoms with E-state index >= 15 is 0 Å². The fourth-order valence-electron chi connectivity index (χ4n) is 2.44. The minimum Gasteiger partial charge on any atom is -0.465 e. The monoisotopic (exact) mass is 328 g/mol. The number of nitrogens with zero attached hydrogens (tertiary/aromatic N) is 2. The van der Waals surface area contributed by atoms with Gasteiger partial charge < -0.3 is 19.9 Å². The molecule has 24 heavy (non-hydrogen) atoms. The van der Waals surface area contributed by atoms with E-state index in [1.54, 1.807) is 18.2 Å². The van der Waals surface area contributed by atoms with Crippen molar-refractivity contribution in [3.63, 3.8) is 0 Å². The van der Waals surface area contributed by atoms with Crippen molar-refractivity contribution in [2.45, 2.75) is 19.4 Å². The van der Waals surface area contributed by atoms with Crippen LogP contribution in [0.2, 0.25) is 0 Å². The summed E-state index contributed by atoms with van der Waals surface area (Å²) < 4.78 is 10.4. The quantitative estimate of drug-likeness (QED) is 0.829. The first-order valence-electron chi connectivity index (χ1n) is 7.31. The van der Waals surface area contributed by atoms with Gasteiger partial charge in [0.05, 0.1) is 25.0 Å². The van der Waals surface area contributed by atoms with Gasteiger partial charge in [-0.05, 0) is 25.1 Å². The predicted molar refractivity (Wildman–Crippen MR) is 86.3 cm³/mol. The number of hydrazone groups is 1. The fraction of sp³-hybridized carbons (Fsp3) is 0.250.